The second kappa shape index (κ2) is 5.57. The van der Waals surface area contributed by atoms with Crippen LogP contribution in [0.1, 0.15) is 19.4 Å². The fraction of sp³-hybridized carbons (Fsp3) is 0.250. The van der Waals surface area contributed by atoms with Gasteiger partial charge in [0.2, 0.25) is 0 Å². The highest BCUT2D eigenvalue weighted by Gasteiger charge is 2.17. The molecule has 1 rings (SSSR count). The summed E-state index contributed by atoms with van der Waals surface area (Å²) in [4.78, 5) is 10.3. The van der Waals surface area contributed by atoms with Crippen LogP contribution >= 0.6 is 0 Å². The Hall–Kier alpha value is -1.98. The summed E-state index contributed by atoms with van der Waals surface area (Å²) < 4.78 is 40.0. The Morgan fingerprint density at radius 3 is 2.39 bits per heavy atom. The van der Waals surface area contributed by atoms with Crippen molar-refractivity contribution < 1.29 is 23.1 Å². The smallest absolute Gasteiger partial charge is 0.328 e. The van der Waals surface area contributed by atoms with Crippen LogP contribution in [0.15, 0.2) is 12.1 Å². The van der Waals surface area contributed by atoms with Crippen LogP contribution in [0.2, 0.25) is 0 Å². The Morgan fingerprint density at radius 2 is 1.89 bits per heavy atom. The third-order valence-corrected chi connectivity index (χ3v) is 2.02. The van der Waals surface area contributed by atoms with Gasteiger partial charge in [-0.15, -0.1) is 0 Å². The molecule has 0 heterocycles. The van der Waals surface area contributed by atoms with Gasteiger partial charge in [0.25, 0.3) is 0 Å². The normalized spacial score (nSPS) is 11.2. The van der Waals surface area contributed by atoms with Crippen molar-refractivity contribution in [2.45, 2.75) is 19.9 Å². The summed E-state index contributed by atoms with van der Waals surface area (Å²) in [5.74, 6) is -5.68. The molecule has 6 heteroatoms. The van der Waals surface area contributed by atoms with Gasteiger partial charge in [0.15, 0.2) is 17.5 Å². The van der Waals surface area contributed by atoms with E-state index >= 15 is 0 Å². The van der Waals surface area contributed by atoms with Gasteiger partial charge in [-0.1, -0.05) is 0 Å². The predicted octanol–water partition coefficient (Wildman–Crippen LogP) is 3.02. The van der Waals surface area contributed by atoms with Gasteiger partial charge in [0.1, 0.15) is 0 Å². The lowest BCUT2D eigenvalue weighted by Crippen LogP contribution is -2.13. The monoisotopic (exact) mass is 259 g/mol. The average Bonchev–Trinajstić information content (AvgIpc) is 2.27. The van der Waals surface area contributed by atoms with E-state index in [1.807, 2.05) is 0 Å². The van der Waals surface area contributed by atoms with Gasteiger partial charge in [0, 0.05) is 17.7 Å². The van der Waals surface area contributed by atoms with Gasteiger partial charge < -0.3 is 10.4 Å². The van der Waals surface area contributed by atoms with E-state index in [1.165, 1.54) is 0 Å². The largest absolute Gasteiger partial charge is 0.478 e. The standard InChI is InChI=1S/C12H12F3NO2/c1-6(2)16-8-5-7(3-4-9(17)18)10(13)12(15)11(8)14/h3-6,16H,1-2H3,(H,17,18)/b4-3+. The minimum absolute atomic E-state index is 0.180. The van der Waals surface area contributed by atoms with Crippen LogP contribution < -0.4 is 5.32 Å². The van der Waals surface area contributed by atoms with E-state index in [1.54, 1.807) is 13.8 Å². The molecule has 18 heavy (non-hydrogen) atoms. The number of halogens is 3. The highest BCUT2D eigenvalue weighted by molar-refractivity contribution is 5.85. The van der Waals surface area contributed by atoms with E-state index < -0.39 is 23.4 Å². The zero-order valence-electron chi connectivity index (χ0n) is 9.80. The molecule has 0 atom stereocenters. The number of aliphatic carboxylic acids is 1. The van der Waals surface area contributed by atoms with Crippen molar-refractivity contribution in [3.05, 3.63) is 35.2 Å². The third kappa shape index (κ3) is 3.26. The number of anilines is 1. The second-order valence-electron chi connectivity index (χ2n) is 3.93. The number of hydrogen-bond acceptors (Lipinski definition) is 2. The molecular formula is C12H12F3NO2. The molecule has 1 aromatic rings. The average molecular weight is 259 g/mol. The summed E-state index contributed by atoms with van der Waals surface area (Å²) in [6.45, 7) is 3.40. The zero-order chi connectivity index (χ0) is 13.9. The molecule has 0 aliphatic rings. The Balaban J connectivity index is 3.27. The number of carboxylic acid groups (broad SMARTS) is 1. The van der Waals surface area contributed by atoms with E-state index in [9.17, 15) is 18.0 Å². The summed E-state index contributed by atoms with van der Waals surface area (Å²) in [6, 6.07) is 0.841. The molecule has 0 aromatic heterocycles. The maximum Gasteiger partial charge on any atom is 0.328 e. The topological polar surface area (TPSA) is 49.3 Å². The van der Waals surface area contributed by atoms with Crippen molar-refractivity contribution in [1.82, 2.24) is 0 Å². The van der Waals surface area contributed by atoms with Crippen LogP contribution in [0.25, 0.3) is 6.08 Å². The molecule has 0 radical (unpaired) electrons. The predicted molar refractivity (Wildman–Crippen MR) is 61.7 cm³/mol. The first kappa shape index (κ1) is 14.1. The third-order valence-electron chi connectivity index (χ3n) is 2.02. The van der Waals surface area contributed by atoms with Gasteiger partial charge in [-0.05, 0) is 26.0 Å². The van der Waals surface area contributed by atoms with Crippen molar-refractivity contribution in [3.8, 4) is 0 Å². The number of benzene rings is 1. The molecule has 0 amide bonds. The molecule has 3 nitrogen and oxygen atoms in total. The minimum atomic E-state index is -1.63. The molecular weight excluding hydrogens is 247 g/mol. The summed E-state index contributed by atoms with van der Waals surface area (Å²) in [5, 5.41) is 11.0. The molecule has 0 saturated heterocycles. The van der Waals surface area contributed by atoms with Crippen molar-refractivity contribution >= 4 is 17.7 Å². The maximum atomic E-state index is 13.4. The van der Waals surface area contributed by atoms with Gasteiger partial charge in [-0.2, -0.15) is 0 Å². The van der Waals surface area contributed by atoms with Crippen LogP contribution in [0.5, 0.6) is 0 Å². The molecule has 2 N–H and O–H groups in total. The number of carboxylic acids is 1. The van der Waals surface area contributed by atoms with Crippen LogP contribution in [-0.4, -0.2) is 17.1 Å². The summed E-state index contributed by atoms with van der Waals surface area (Å²) in [7, 11) is 0. The highest BCUT2D eigenvalue weighted by Crippen LogP contribution is 2.25. The van der Waals surface area contributed by atoms with E-state index in [-0.39, 0.29) is 17.3 Å². The number of hydrogen-bond donors (Lipinski definition) is 2. The molecule has 0 saturated carbocycles. The van der Waals surface area contributed by atoms with Crippen LogP contribution in [-0.2, 0) is 4.79 Å². The fourth-order valence-corrected chi connectivity index (χ4v) is 1.32. The van der Waals surface area contributed by atoms with Crippen LogP contribution in [0, 0.1) is 17.5 Å². The summed E-state index contributed by atoms with van der Waals surface area (Å²) in [6.07, 6.45) is 1.51. The quantitative estimate of drug-likeness (QED) is 0.645. The Morgan fingerprint density at radius 1 is 1.28 bits per heavy atom. The molecule has 98 valence electrons. The molecule has 0 spiro atoms. The lowest BCUT2D eigenvalue weighted by Gasteiger charge is -2.12. The van der Waals surface area contributed by atoms with Crippen molar-refractivity contribution in [1.29, 1.82) is 0 Å². The first-order chi connectivity index (χ1) is 8.32. The van der Waals surface area contributed by atoms with Crippen LogP contribution in [0.3, 0.4) is 0 Å². The SMILES string of the molecule is CC(C)Nc1cc(/C=C/C(=O)O)c(F)c(F)c1F. The second-order valence-corrected chi connectivity index (χ2v) is 3.93. The maximum absolute atomic E-state index is 13.4. The van der Waals surface area contributed by atoms with E-state index in [2.05, 4.69) is 5.32 Å². The van der Waals surface area contributed by atoms with Gasteiger partial charge >= 0.3 is 5.97 Å². The number of carbonyl (C=O) groups is 1. The van der Waals surface area contributed by atoms with Gasteiger partial charge in [0.05, 0.1) is 5.69 Å². The lowest BCUT2D eigenvalue weighted by molar-refractivity contribution is -0.131. The fourth-order valence-electron chi connectivity index (χ4n) is 1.32. The van der Waals surface area contributed by atoms with Gasteiger partial charge in [-0.25, -0.2) is 18.0 Å². The molecule has 0 fully saturated rings. The number of rotatable bonds is 4. The van der Waals surface area contributed by atoms with E-state index in [4.69, 9.17) is 5.11 Å². The first-order valence-electron chi connectivity index (χ1n) is 5.18. The van der Waals surface area contributed by atoms with Gasteiger partial charge in [-0.3, -0.25) is 0 Å². The number of nitrogens with one attached hydrogen (secondary N) is 1. The van der Waals surface area contributed by atoms with Crippen molar-refractivity contribution in [2.24, 2.45) is 0 Å². The Bertz CT molecular complexity index is 499. The van der Waals surface area contributed by atoms with Crippen molar-refractivity contribution in [2.75, 3.05) is 5.32 Å². The Labute approximate surface area is 102 Å². The van der Waals surface area contributed by atoms with E-state index in [0.29, 0.717) is 6.08 Å². The Kier molecular flexibility index (Phi) is 4.36. The van der Waals surface area contributed by atoms with Crippen LogP contribution in [0.4, 0.5) is 18.9 Å². The zero-order valence-corrected chi connectivity index (χ0v) is 9.80. The molecule has 0 aliphatic heterocycles. The molecule has 0 aliphatic carbocycles. The first-order valence-corrected chi connectivity index (χ1v) is 5.18. The molecule has 1 aromatic carbocycles. The molecule has 0 unspecified atom stereocenters. The summed E-state index contributed by atoms with van der Waals surface area (Å²) in [5.41, 5.74) is -0.548. The lowest BCUT2D eigenvalue weighted by atomic mass is 10.1. The summed E-state index contributed by atoms with van der Waals surface area (Å²) >= 11 is 0. The highest BCUT2D eigenvalue weighted by atomic mass is 19.2. The van der Waals surface area contributed by atoms with Crippen molar-refractivity contribution in [3.63, 3.8) is 0 Å². The minimum Gasteiger partial charge on any atom is -0.478 e. The van der Waals surface area contributed by atoms with E-state index in [0.717, 1.165) is 12.1 Å². The molecule has 0 bridgehead atoms.